The van der Waals surface area contributed by atoms with Crippen LogP contribution in [0.1, 0.15) is 18.4 Å². The lowest BCUT2D eigenvalue weighted by atomic mass is 10.2. The first-order valence-corrected chi connectivity index (χ1v) is 5.65. The van der Waals surface area contributed by atoms with E-state index in [1.54, 1.807) is 0 Å². The van der Waals surface area contributed by atoms with E-state index in [9.17, 15) is 0 Å². The van der Waals surface area contributed by atoms with Crippen molar-refractivity contribution in [3.8, 4) is 0 Å². The Morgan fingerprint density at radius 2 is 1.79 bits per heavy atom. The Morgan fingerprint density at radius 1 is 1.14 bits per heavy atom. The molecule has 1 heterocycles. The summed E-state index contributed by atoms with van der Waals surface area (Å²) in [5.41, 5.74) is 2.11. The average Bonchev–Trinajstić information content (AvgIpc) is 2.65. The van der Waals surface area contributed by atoms with Crippen LogP contribution in [0.3, 0.4) is 0 Å². The van der Waals surface area contributed by atoms with Gasteiger partial charge >= 0.3 is 0 Å². The van der Waals surface area contributed by atoms with Crippen molar-refractivity contribution in [2.24, 2.45) is 0 Å². The van der Waals surface area contributed by atoms with Gasteiger partial charge in [0.05, 0.1) is 15.7 Å². The molecular weight excluding hydrogens is 217 g/mol. The Labute approximate surface area is 94.6 Å². The smallest absolute Gasteiger partial charge is 0.0747 e. The van der Waals surface area contributed by atoms with Crippen molar-refractivity contribution in [3.05, 3.63) is 27.7 Å². The first kappa shape index (κ1) is 10.1. The molecular formula is C11H13Cl2N. The molecule has 0 radical (unpaired) electrons. The van der Waals surface area contributed by atoms with E-state index in [0.717, 1.165) is 34.4 Å². The molecule has 0 bridgehead atoms. The normalized spacial score (nSPS) is 16.4. The maximum absolute atomic E-state index is 6.25. The van der Waals surface area contributed by atoms with Gasteiger partial charge in [-0.05, 0) is 31.4 Å². The molecule has 2 rings (SSSR count). The molecule has 3 heteroatoms. The molecule has 0 unspecified atom stereocenters. The predicted molar refractivity (Wildman–Crippen MR) is 62.6 cm³/mol. The Kier molecular flexibility index (Phi) is 2.89. The molecule has 0 aromatic heterocycles. The van der Waals surface area contributed by atoms with Crippen molar-refractivity contribution in [1.82, 2.24) is 0 Å². The van der Waals surface area contributed by atoms with E-state index in [-0.39, 0.29) is 0 Å². The molecule has 76 valence electrons. The SMILES string of the molecule is Cc1ccc(Cl)c(N2CCCC2)c1Cl. The van der Waals surface area contributed by atoms with Gasteiger partial charge in [0, 0.05) is 13.1 Å². The van der Waals surface area contributed by atoms with Crippen LogP contribution in [-0.4, -0.2) is 13.1 Å². The summed E-state index contributed by atoms with van der Waals surface area (Å²) in [7, 11) is 0. The van der Waals surface area contributed by atoms with Gasteiger partial charge in [0.25, 0.3) is 0 Å². The van der Waals surface area contributed by atoms with Gasteiger partial charge in [-0.2, -0.15) is 0 Å². The minimum absolute atomic E-state index is 0.766. The number of hydrogen-bond donors (Lipinski definition) is 0. The van der Waals surface area contributed by atoms with Crippen LogP contribution < -0.4 is 4.90 Å². The highest BCUT2D eigenvalue weighted by molar-refractivity contribution is 6.39. The first-order chi connectivity index (χ1) is 6.70. The van der Waals surface area contributed by atoms with Crippen LogP contribution in [0.2, 0.25) is 10.0 Å². The second-order valence-corrected chi connectivity index (χ2v) is 4.51. The summed E-state index contributed by atoms with van der Waals surface area (Å²) >= 11 is 12.4. The van der Waals surface area contributed by atoms with Crippen LogP contribution in [0, 0.1) is 6.92 Å². The lowest BCUT2D eigenvalue weighted by Gasteiger charge is -2.21. The van der Waals surface area contributed by atoms with Crippen molar-refractivity contribution >= 4 is 28.9 Å². The zero-order valence-electron chi connectivity index (χ0n) is 8.19. The second kappa shape index (κ2) is 4.00. The van der Waals surface area contributed by atoms with E-state index in [0.29, 0.717) is 0 Å². The molecule has 1 saturated heterocycles. The van der Waals surface area contributed by atoms with E-state index < -0.39 is 0 Å². The molecule has 0 N–H and O–H groups in total. The summed E-state index contributed by atoms with van der Waals surface area (Å²) in [5, 5.41) is 1.57. The third-order valence-electron chi connectivity index (χ3n) is 2.68. The predicted octanol–water partition coefficient (Wildman–Crippen LogP) is 3.90. The maximum atomic E-state index is 6.25. The molecule has 1 aliphatic rings. The van der Waals surface area contributed by atoms with E-state index in [1.807, 2.05) is 19.1 Å². The summed E-state index contributed by atoms with van der Waals surface area (Å²) in [5.74, 6) is 0. The van der Waals surface area contributed by atoms with Crippen molar-refractivity contribution < 1.29 is 0 Å². The number of hydrogen-bond acceptors (Lipinski definition) is 1. The number of halogens is 2. The van der Waals surface area contributed by atoms with E-state index in [4.69, 9.17) is 23.2 Å². The fourth-order valence-electron chi connectivity index (χ4n) is 1.87. The lowest BCUT2D eigenvalue weighted by molar-refractivity contribution is 0.949. The highest BCUT2D eigenvalue weighted by Crippen LogP contribution is 2.37. The van der Waals surface area contributed by atoms with Crippen LogP contribution in [0.15, 0.2) is 12.1 Å². The minimum Gasteiger partial charge on any atom is -0.369 e. The number of anilines is 1. The van der Waals surface area contributed by atoms with Crippen molar-refractivity contribution in [2.75, 3.05) is 18.0 Å². The average molecular weight is 230 g/mol. The van der Waals surface area contributed by atoms with Crippen molar-refractivity contribution in [3.63, 3.8) is 0 Å². The van der Waals surface area contributed by atoms with Crippen LogP contribution in [-0.2, 0) is 0 Å². The molecule has 1 aromatic rings. The molecule has 1 fully saturated rings. The van der Waals surface area contributed by atoms with Crippen molar-refractivity contribution in [2.45, 2.75) is 19.8 Å². The van der Waals surface area contributed by atoms with E-state index >= 15 is 0 Å². The van der Waals surface area contributed by atoms with Gasteiger partial charge in [-0.1, -0.05) is 29.3 Å². The molecule has 1 nitrogen and oxygen atoms in total. The number of rotatable bonds is 1. The van der Waals surface area contributed by atoms with Gasteiger partial charge in [0.15, 0.2) is 0 Å². The quantitative estimate of drug-likeness (QED) is 0.707. The summed E-state index contributed by atoms with van der Waals surface area (Å²) in [6.07, 6.45) is 2.47. The molecule has 0 saturated carbocycles. The van der Waals surface area contributed by atoms with Gasteiger partial charge in [-0.15, -0.1) is 0 Å². The molecule has 0 spiro atoms. The Hall–Kier alpha value is -0.400. The van der Waals surface area contributed by atoms with Crippen molar-refractivity contribution in [1.29, 1.82) is 0 Å². The van der Waals surface area contributed by atoms with Gasteiger partial charge in [0.1, 0.15) is 0 Å². The number of nitrogens with zero attached hydrogens (tertiary/aromatic N) is 1. The molecule has 0 amide bonds. The molecule has 1 aliphatic heterocycles. The zero-order chi connectivity index (χ0) is 10.1. The van der Waals surface area contributed by atoms with Crippen LogP contribution >= 0.6 is 23.2 Å². The lowest BCUT2D eigenvalue weighted by Crippen LogP contribution is -2.18. The molecule has 0 atom stereocenters. The molecule has 1 aromatic carbocycles. The molecule has 0 aliphatic carbocycles. The summed E-state index contributed by atoms with van der Waals surface area (Å²) in [6.45, 7) is 4.16. The number of benzene rings is 1. The standard InChI is InChI=1S/C11H13Cl2N/c1-8-4-5-9(12)11(10(8)13)14-6-2-3-7-14/h4-5H,2-3,6-7H2,1H3. The third-order valence-corrected chi connectivity index (χ3v) is 3.46. The van der Waals surface area contributed by atoms with E-state index in [1.165, 1.54) is 12.8 Å². The summed E-state index contributed by atoms with van der Waals surface area (Å²) in [6, 6.07) is 3.89. The van der Waals surface area contributed by atoms with Crippen LogP contribution in [0.5, 0.6) is 0 Å². The maximum Gasteiger partial charge on any atom is 0.0747 e. The fourth-order valence-corrected chi connectivity index (χ4v) is 2.48. The largest absolute Gasteiger partial charge is 0.369 e. The Morgan fingerprint density at radius 3 is 2.43 bits per heavy atom. The van der Waals surface area contributed by atoms with Gasteiger partial charge < -0.3 is 4.90 Å². The Bertz CT molecular complexity index is 343. The van der Waals surface area contributed by atoms with Gasteiger partial charge in [0.2, 0.25) is 0 Å². The van der Waals surface area contributed by atoms with Crippen LogP contribution in [0.4, 0.5) is 5.69 Å². The monoisotopic (exact) mass is 229 g/mol. The third kappa shape index (κ3) is 1.71. The van der Waals surface area contributed by atoms with Crippen LogP contribution in [0.25, 0.3) is 0 Å². The first-order valence-electron chi connectivity index (χ1n) is 4.89. The van der Waals surface area contributed by atoms with Gasteiger partial charge in [-0.25, -0.2) is 0 Å². The summed E-state index contributed by atoms with van der Waals surface area (Å²) < 4.78 is 0. The molecule has 14 heavy (non-hydrogen) atoms. The Balaban J connectivity index is 2.44. The van der Waals surface area contributed by atoms with E-state index in [2.05, 4.69) is 4.90 Å². The van der Waals surface area contributed by atoms with Gasteiger partial charge in [-0.3, -0.25) is 0 Å². The zero-order valence-corrected chi connectivity index (χ0v) is 9.70. The topological polar surface area (TPSA) is 3.24 Å². The summed E-state index contributed by atoms with van der Waals surface area (Å²) in [4.78, 5) is 2.28. The highest BCUT2D eigenvalue weighted by Gasteiger charge is 2.18. The second-order valence-electron chi connectivity index (χ2n) is 3.72. The highest BCUT2D eigenvalue weighted by atomic mass is 35.5. The number of aryl methyl sites for hydroxylation is 1. The minimum atomic E-state index is 0.766. The fraction of sp³-hybridized carbons (Fsp3) is 0.455.